The van der Waals surface area contributed by atoms with E-state index in [0.29, 0.717) is 31.8 Å². The Hall–Kier alpha value is -1.02. The zero-order valence-corrected chi connectivity index (χ0v) is 12.2. The average molecular weight is 299 g/mol. The molecule has 7 heteroatoms. The molecule has 0 bridgehead atoms. The predicted molar refractivity (Wildman–Crippen MR) is 75.5 cm³/mol. The van der Waals surface area contributed by atoms with Crippen LogP contribution in [0.2, 0.25) is 0 Å². The van der Waals surface area contributed by atoms with Crippen LogP contribution in [0.15, 0.2) is 23.2 Å². The van der Waals surface area contributed by atoms with E-state index in [9.17, 15) is 8.42 Å². The number of nitrogens with two attached hydrogens (primary N) is 1. The maximum Gasteiger partial charge on any atom is 0.242 e. The van der Waals surface area contributed by atoms with Crippen molar-refractivity contribution < 1.29 is 13.2 Å². The minimum atomic E-state index is -3.49. The second-order valence-corrected chi connectivity index (χ2v) is 6.73. The third-order valence-corrected chi connectivity index (χ3v) is 4.57. The third kappa shape index (κ3) is 4.82. The summed E-state index contributed by atoms with van der Waals surface area (Å²) in [7, 11) is -3.49. The molecular formula is C13H21N3O3S. The number of pyridine rings is 1. The van der Waals surface area contributed by atoms with Gasteiger partial charge >= 0.3 is 0 Å². The lowest BCUT2D eigenvalue weighted by Gasteiger charge is -2.07. The minimum absolute atomic E-state index is 0.161. The maximum atomic E-state index is 12.0. The molecule has 1 aromatic heterocycles. The first-order valence-corrected chi connectivity index (χ1v) is 8.32. The fourth-order valence-electron chi connectivity index (χ4n) is 1.69. The SMILES string of the molecule is NCc1ccc(S(=O)(=O)NCCCOCC2CC2)cn1. The lowest BCUT2D eigenvalue weighted by Crippen LogP contribution is -2.25. The van der Waals surface area contributed by atoms with Crippen LogP contribution in [0.1, 0.15) is 25.0 Å². The van der Waals surface area contributed by atoms with Crippen LogP contribution in [0.25, 0.3) is 0 Å². The molecule has 1 heterocycles. The molecule has 1 saturated carbocycles. The normalized spacial score (nSPS) is 15.4. The van der Waals surface area contributed by atoms with Gasteiger partial charge in [0.1, 0.15) is 4.90 Å². The molecule has 0 unspecified atom stereocenters. The predicted octanol–water partition coefficient (Wildman–Crippen LogP) is 0.635. The highest BCUT2D eigenvalue weighted by molar-refractivity contribution is 7.89. The molecule has 0 aromatic carbocycles. The Labute approximate surface area is 119 Å². The van der Waals surface area contributed by atoms with Crippen LogP contribution >= 0.6 is 0 Å². The van der Waals surface area contributed by atoms with Crippen LogP contribution in [0.5, 0.6) is 0 Å². The monoisotopic (exact) mass is 299 g/mol. The first kappa shape index (κ1) is 15.4. The molecule has 0 atom stereocenters. The van der Waals surface area contributed by atoms with Crippen molar-refractivity contribution in [3.63, 3.8) is 0 Å². The fraction of sp³-hybridized carbons (Fsp3) is 0.615. The molecule has 0 spiro atoms. The highest BCUT2D eigenvalue weighted by atomic mass is 32.2. The van der Waals surface area contributed by atoms with E-state index in [0.717, 1.165) is 12.5 Å². The van der Waals surface area contributed by atoms with E-state index in [2.05, 4.69) is 9.71 Å². The van der Waals surface area contributed by atoms with Crippen molar-refractivity contribution in [1.82, 2.24) is 9.71 Å². The molecule has 20 heavy (non-hydrogen) atoms. The first-order valence-electron chi connectivity index (χ1n) is 6.84. The van der Waals surface area contributed by atoms with Crippen LogP contribution in [0.3, 0.4) is 0 Å². The van der Waals surface area contributed by atoms with Gasteiger partial charge in [-0.05, 0) is 37.3 Å². The number of ether oxygens (including phenoxy) is 1. The Morgan fingerprint density at radius 3 is 2.80 bits per heavy atom. The van der Waals surface area contributed by atoms with Crippen molar-refractivity contribution in [1.29, 1.82) is 0 Å². The second-order valence-electron chi connectivity index (χ2n) is 4.96. The fourth-order valence-corrected chi connectivity index (χ4v) is 2.71. The summed E-state index contributed by atoms with van der Waals surface area (Å²) in [5.41, 5.74) is 6.08. The second kappa shape index (κ2) is 7.12. The molecule has 0 radical (unpaired) electrons. The molecule has 1 aliphatic rings. The first-order chi connectivity index (χ1) is 9.62. The van der Waals surface area contributed by atoms with Crippen LogP contribution in [0, 0.1) is 5.92 Å². The lowest BCUT2D eigenvalue weighted by molar-refractivity contribution is 0.123. The summed E-state index contributed by atoms with van der Waals surface area (Å²) in [5, 5.41) is 0. The highest BCUT2D eigenvalue weighted by Gasteiger charge is 2.21. The van der Waals surface area contributed by atoms with Gasteiger partial charge in [0.15, 0.2) is 0 Å². The van der Waals surface area contributed by atoms with E-state index >= 15 is 0 Å². The summed E-state index contributed by atoms with van der Waals surface area (Å²) in [6.07, 6.45) is 4.52. The Balaban J connectivity index is 1.71. The molecule has 1 aliphatic carbocycles. The van der Waals surface area contributed by atoms with E-state index in [4.69, 9.17) is 10.5 Å². The van der Waals surface area contributed by atoms with E-state index in [1.165, 1.54) is 25.1 Å². The van der Waals surface area contributed by atoms with Gasteiger partial charge in [-0.15, -0.1) is 0 Å². The van der Waals surface area contributed by atoms with E-state index in [-0.39, 0.29) is 4.90 Å². The molecule has 0 amide bonds. The van der Waals surface area contributed by atoms with Crippen LogP contribution in [-0.2, 0) is 21.3 Å². The number of hydrogen-bond donors (Lipinski definition) is 2. The molecule has 1 fully saturated rings. The van der Waals surface area contributed by atoms with Crippen molar-refractivity contribution >= 4 is 10.0 Å². The lowest BCUT2D eigenvalue weighted by atomic mass is 10.4. The molecule has 2 rings (SSSR count). The maximum absolute atomic E-state index is 12.0. The third-order valence-electron chi connectivity index (χ3n) is 3.13. The zero-order chi connectivity index (χ0) is 14.4. The van der Waals surface area contributed by atoms with Gasteiger partial charge < -0.3 is 10.5 Å². The zero-order valence-electron chi connectivity index (χ0n) is 11.4. The van der Waals surface area contributed by atoms with Crippen LogP contribution < -0.4 is 10.5 Å². The van der Waals surface area contributed by atoms with Gasteiger partial charge in [-0.25, -0.2) is 13.1 Å². The Kier molecular flexibility index (Phi) is 5.47. The van der Waals surface area contributed by atoms with Crippen LogP contribution in [-0.4, -0.2) is 33.2 Å². The Morgan fingerprint density at radius 2 is 2.20 bits per heavy atom. The number of rotatable bonds is 9. The van der Waals surface area contributed by atoms with E-state index < -0.39 is 10.0 Å². The summed E-state index contributed by atoms with van der Waals surface area (Å²) >= 11 is 0. The molecule has 6 nitrogen and oxygen atoms in total. The molecule has 1 aromatic rings. The number of nitrogens with one attached hydrogen (secondary N) is 1. The standard InChI is InChI=1S/C13H21N3O3S/c14-8-12-4-5-13(9-15-12)20(17,18)16-6-1-7-19-10-11-2-3-11/h4-5,9,11,16H,1-3,6-8,10,14H2. The van der Waals surface area contributed by atoms with E-state index in [1.807, 2.05) is 0 Å². The number of nitrogens with zero attached hydrogens (tertiary/aromatic N) is 1. The van der Waals surface area contributed by atoms with Gasteiger partial charge in [0.2, 0.25) is 10.0 Å². The summed E-state index contributed by atoms with van der Waals surface area (Å²) in [4.78, 5) is 4.14. The van der Waals surface area contributed by atoms with Gasteiger partial charge in [-0.1, -0.05) is 0 Å². The number of hydrogen-bond acceptors (Lipinski definition) is 5. The van der Waals surface area contributed by atoms with Gasteiger partial charge in [0.05, 0.1) is 5.69 Å². The average Bonchev–Trinajstić information content (AvgIpc) is 3.27. The topological polar surface area (TPSA) is 94.3 Å². The smallest absolute Gasteiger partial charge is 0.242 e. The molecular weight excluding hydrogens is 278 g/mol. The molecule has 112 valence electrons. The van der Waals surface area contributed by atoms with Crippen LogP contribution in [0.4, 0.5) is 0 Å². The quantitative estimate of drug-likeness (QED) is 0.652. The van der Waals surface area contributed by atoms with Gasteiger partial charge in [0.25, 0.3) is 0 Å². The van der Waals surface area contributed by atoms with Gasteiger partial charge in [0, 0.05) is 32.5 Å². The Morgan fingerprint density at radius 1 is 1.40 bits per heavy atom. The van der Waals surface area contributed by atoms with Crippen molar-refractivity contribution in [2.75, 3.05) is 19.8 Å². The highest BCUT2D eigenvalue weighted by Crippen LogP contribution is 2.28. The van der Waals surface area contributed by atoms with Gasteiger partial charge in [-0.2, -0.15) is 0 Å². The van der Waals surface area contributed by atoms with Crippen molar-refractivity contribution in [3.05, 3.63) is 24.0 Å². The van der Waals surface area contributed by atoms with Gasteiger partial charge in [-0.3, -0.25) is 4.98 Å². The molecule has 3 N–H and O–H groups in total. The molecule has 0 saturated heterocycles. The number of aromatic nitrogens is 1. The van der Waals surface area contributed by atoms with Crippen molar-refractivity contribution in [3.8, 4) is 0 Å². The Bertz CT molecular complexity index is 512. The largest absolute Gasteiger partial charge is 0.381 e. The van der Waals surface area contributed by atoms with Crippen molar-refractivity contribution in [2.45, 2.75) is 30.7 Å². The molecule has 0 aliphatic heterocycles. The van der Waals surface area contributed by atoms with Crippen molar-refractivity contribution in [2.24, 2.45) is 11.7 Å². The summed E-state index contributed by atoms with van der Waals surface area (Å²) in [5.74, 6) is 0.735. The summed E-state index contributed by atoms with van der Waals surface area (Å²) in [6.45, 7) is 2.05. The number of sulfonamides is 1. The summed E-state index contributed by atoms with van der Waals surface area (Å²) in [6, 6.07) is 3.13. The minimum Gasteiger partial charge on any atom is -0.381 e. The summed E-state index contributed by atoms with van der Waals surface area (Å²) < 4.78 is 31.9. The van der Waals surface area contributed by atoms with E-state index in [1.54, 1.807) is 6.07 Å².